The highest BCUT2D eigenvalue weighted by molar-refractivity contribution is 5.76. The molecule has 0 heterocycles. The number of hydrogen-bond donors (Lipinski definition) is 0. The van der Waals surface area contributed by atoms with Crippen molar-refractivity contribution in [3.8, 4) is 6.07 Å². The lowest BCUT2D eigenvalue weighted by Crippen LogP contribution is -2.31. The van der Waals surface area contributed by atoms with Gasteiger partial charge in [-0.3, -0.25) is 4.79 Å². The number of hydrogen-bond acceptors (Lipinski definition) is 4. The number of alkyl halides is 3. The molecular formula is C14H15F3N2O2. The van der Waals surface area contributed by atoms with Gasteiger partial charge in [-0.1, -0.05) is 6.92 Å². The van der Waals surface area contributed by atoms with E-state index in [1.165, 1.54) is 24.1 Å². The minimum absolute atomic E-state index is 0.145. The molecule has 7 heteroatoms. The predicted molar refractivity (Wildman–Crippen MR) is 70.7 cm³/mol. The maximum Gasteiger partial charge on any atom is 0.417 e. The van der Waals surface area contributed by atoms with Crippen LogP contribution in [-0.4, -0.2) is 26.2 Å². The maximum absolute atomic E-state index is 12.9. The van der Waals surface area contributed by atoms with Gasteiger partial charge in [-0.25, -0.2) is 0 Å². The summed E-state index contributed by atoms with van der Waals surface area (Å²) in [5.74, 6) is -0.540. The van der Waals surface area contributed by atoms with Crippen LogP contribution in [0.5, 0.6) is 0 Å². The van der Waals surface area contributed by atoms with Crippen LogP contribution in [0.15, 0.2) is 18.2 Å². The second-order valence-corrected chi connectivity index (χ2v) is 4.34. The van der Waals surface area contributed by atoms with Gasteiger partial charge in [0, 0.05) is 12.2 Å². The maximum atomic E-state index is 12.9. The SMILES string of the molecule is CCCN(CC(=O)OC)c1ccc(C#N)c(C(F)(F)F)c1. The van der Waals surface area contributed by atoms with Crippen LogP contribution in [0.2, 0.25) is 0 Å². The molecule has 21 heavy (non-hydrogen) atoms. The molecule has 0 amide bonds. The summed E-state index contributed by atoms with van der Waals surface area (Å²) in [6.45, 7) is 2.10. The van der Waals surface area contributed by atoms with E-state index in [1.54, 1.807) is 0 Å². The molecule has 114 valence electrons. The van der Waals surface area contributed by atoms with Crippen LogP contribution in [0.25, 0.3) is 0 Å². The van der Waals surface area contributed by atoms with Gasteiger partial charge in [0.25, 0.3) is 0 Å². The molecule has 0 saturated heterocycles. The predicted octanol–water partition coefficient (Wildman–Crippen LogP) is 2.97. The number of methoxy groups -OCH3 is 1. The second-order valence-electron chi connectivity index (χ2n) is 4.34. The van der Waals surface area contributed by atoms with Crippen LogP contribution in [0.3, 0.4) is 0 Å². The Morgan fingerprint density at radius 3 is 2.57 bits per heavy atom. The lowest BCUT2D eigenvalue weighted by atomic mass is 10.1. The minimum Gasteiger partial charge on any atom is -0.468 e. The number of nitriles is 1. The summed E-state index contributed by atoms with van der Waals surface area (Å²) in [5.41, 5.74) is -1.22. The molecule has 0 unspecified atom stereocenters. The van der Waals surface area contributed by atoms with Gasteiger partial charge < -0.3 is 9.64 Å². The third kappa shape index (κ3) is 4.38. The van der Waals surface area contributed by atoms with E-state index in [1.807, 2.05) is 6.92 Å². The van der Waals surface area contributed by atoms with E-state index in [4.69, 9.17) is 5.26 Å². The van der Waals surface area contributed by atoms with Crippen molar-refractivity contribution in [3.63, 3.8) is 0 Å². The second kappa shape index (κ2) is 6.97. The van der Waals surface area contributed by atoms with E-state index in [-0.39, 0.29) is 12.2 Å². The Bertz CT molecular complexity index is 550. The van der Waals surface area contributed by atoms with Gasteiger partial charge in [0.15, 0.2) is 0 Å². The highest BCUT2D eigenvalue weighted by Gasteiger charge is 2.34. The summed E-state index contributed by atoms with van der Waals surface area (Å²) in [6, 6.07) is 4.91. The number of nitrogens with zero attached hydrogens (tertiary/aromatic N) is 2. The number of carbonyl (C=O) groups is 1. The number of ether oxygens (including phenoxy) is 1. The van der Waals surface area contributed by atoms with Gasteiger partial charge >= 0.3 is 12.1 Å². The molecular weight excluding hydrogens is 285 g/mol. The number of rotatable bonds is 5. The van der Waals surface area contributed by atoms with Gasteiger partial charge in [0.1, 0.15) is 6.54 Å². The van der Waals surface area contributed by atoms with Crippen LogP contribution in [-0.2, 0) is 15.7 Å². The van der Waals surface area contributed by atoms with Gasteiger partial charge in [-0.05, 0) is 24.6 Å². The highest BCUT2D eigenvalue weighted by Crippen LogP contribution is 2.34. The van der Waals surface area contributed by atoms with Crippen LogP contribution in [0, 0.1) is 11.3 Å². The molecule has 1 rings (SSSR count). The molecule has 0 saturated carbocycles. The summed E-state index contributed by atoms with van der Waals surface area (Å²) < 4.78 is 43.3. The van der Waals surface area contributed by atoms with E-state index in [0.29, 0.717) is 13.0 Å². The van der Waals surface area contributed by atoms with E-state index < -0.39 is 23.3 Å². The molecule has 0 radical (unpaired) electrons. The Morgan fingerprint density at radius 1 is 1.43 bits per heavy atom. The Balaban J connectivity index is 3.21. The van der Waals surface area contributed by atoms with Crippen molar-refractivity contribution in [2.45, 2.75) is 19.5 Å². The molecule has 0 aromatic heterocycles. The van der Waals surface area contributed by atoms with Gasteiger partial charge in [-0.2, -0.15) is 18.4 Å². The lowest BCUT2D eigenvalue weighted by molar-refractivity contribution is -0.139. The third-order valence-electron chi connectivity index (χ3n) is 2.84. The van der Waals surface area contributed by atoms with E-state index in [2.05, 4.69) is 4.74 Å². The average molecular weight is 300 g/mol. The van der Waals surface area contributed by atoms with Crippen molar-refractivity contribution in [2.24, 2.45) is 0 Å². The Kier molecular flexibility index (Phi) is 5.59. The average Bonchev–Trinajstić information content (AvgIpc) is 2.45. The lowest BCUT2D eigenvalue weighted by Gasteiger charge is -2.24. The summed E-state index contributed by atoms with van der Waals surface area (Å²) in [5, 5.41) is 8.76. The Hall–Kier alpha value is -2.23. The third-order valence-corrected chi connectivity index (χ3v) is 2.84. The standard InChI is InChI=1S/C14H15F3N2O2/c1-3-6-19(9-13(20)21-2)11-5-4-10(8-18)12(7-11)14(15,16)17/h4-5,7H,3,6,9H2,1-2H3. The van der Waals surface area contributed by atoms with Crippen molar-refractivity contribution < 1.29 is 22.7 Å². The first-order chi connectivity index (χ1) is 9.83. The van der Waals surface area contributed by atoms with Crippen molar-refractivity contribution in [3.05, 3.63) is 29.3 Å². The zero-order valence-electron chi connectivity index (χ0n) is 11.7. The Labute approximate surface area is 120 Å². The number of benzene rings is 1. The first kappa shape index (κ1) is 16.8. The number of halogens is 3. The normalized spacial score (nSPS) is 10.9. The number of esters is 1. The van der Waals surface area contributed by atoms with E-state index in [9.17, 15) is 18.0 Å². The monoisotopic (exact) mass is 300 g/mol. The molecule has 4 nitrogen and oxygen atoms in total. The largest absolute Gasteiger partial charge is 0.468 e. The van der Waals surface area contributed by atoms with Crippen molar-refractivity contribution in [1.82, 2.24) is 0 Å². The molecule has 0 aliphatic carbocycles. The molecule has 1 aromatic rings. The van der Waals surface area contributed by atoms with Gasteiger partial charge in [0.05, 0.1) is 24.3 Å². The first-order valence-electron chi connectivity index (χ1n) is 6.26. The molecule has 0 spiro atoms. The van der Waals surface area contributed by atoms with Gasteiger partial charge in [0.2, 0.25) is 0 Å². The molecule has 0 N–H and O–H groups in total. The van der Waals surface area contributed by atoms with Crippen LogP contribution in [0.1, 0.15) is 24.5 Å². The fraction of sp³-hybridized carbons (Fsp3) is 0.429. The minimum atomic E-state index is -4.62. The first-order valence-corrected chi connectivity index (χ1v) is 6.26. The van der Waals surface area contributed by atoms with Crippen molar-refractivity contribution in [2.75, 3.05) is 25.1 Å². The molecule has 0 fully saturated rings. The number of carbonyl (C=O) groups excluding carboxylic acids is 1. The highest BCUT2D eigenvalue weighted by atomic mass is 19.4. The van der Waals surface area contributed by atoms with E-state index in [0.717, 1.165) is 12.1 Å². The van der Waals surface area contributed by atoms with Crippen molar-refractivity contribution in [1.29, 1.82) is 5.26 Å². The van der Waals surface area contributed by atoms with Crippen LogP contribution in [0.4, 0.5) is 18.9 Å². The zero-order chi connectivity index (χ0) is 16.0. The molecule has 0 aliphatic heterocycles. The molecule has 0 atom stereocenters. The smallest absolute Gasteiger partial charge is 0.417 e. The fourth-order valence-electron chi connectivity index (χ4n) is 1.85. The molecule has 1 aromatic carbocycles. The quantitative estimate of drug-likeness (QED) is 0.785. The molecule has 0 bridgehead atoms. The summed E-state index contributed by atoms with van der Waals surface area (Å²) in [6.07, 6.45) is -3.97. The summed E-state index contributed by atoms with van der Waals surface area (Å²) in [7, 11) is 1.21. The molecule has 0 aliphatic rings. The van der Waals surface area contributed by atoms with Gasteiger partial charge in [-0.15, -0.1) is 0 Å². The number of anilines is 1. The zero-order valence-corrected chi connectivity index (χ0v) is 11.7. The Morgan fingerprint density at radius 2 is 2.10 bits per heavy atom. The summed E-state index contributed by atoms with van der Waals surface area (Å²) in [4.78, 5) is 12.8. The van der Waals surface area contributed by atoms with E-state index >= 15 is 0 Å². The summed E-state index contributed by atoms with van der Waals surface area (Å²) >= 11 is 0. The topological polar surface area (TPSA) is 53.3 Å². The fourth-order valence-corrected chi connectivity index (χ4v) is 1.85. The van der Waals surface area contributed by atoms with Crippen LogP contribution >= 0.6 is 0 Å². The van der Waals surface area contributed by atoms with Crippen molar-refractivity contribution >= 4 is 11.7 Å². The van der Waals surface area contributed by atoms with Crippen LogP contribution < -0.4 is 4.90 Å².